The molecule has 2 aromatic rings. The number of fused-ring (bicyclic) bond motifs is 1. The molecule has 2 aliphatic rings. The average Bonchev–Trinajstić information content (AvgIpc) is 2.97. The molecule has 0 saturated heterocycles. The van der Waals surface area contributed by atoms with Crippen LogP contribution in [0.25, 0.3) is 0 Å². The second-order valence-electron chi connectivity index (χ2n) is 6.74. The molecule has 138 valence electrons. The molecule has 0 unspecified atom stereocenters. The van der Waals surface area contributed by atoms with E-state index in [9.17, 15) is 4.79 Å². The summed E-state index contributed by atoms with van der Waals surface area (Å²) in [5, 5.41) is 7.76. The van der Waals surface area contributed by atoms with E-state index in [1.165, 1.54) is 19.3 Å². The minimum absolute atomic E-state index is 0.236. The van der Waals surface area contributed by atoms with Gasteiger partial charge in [0.25, 0.3) is 5.91 Å². The van der Waals surface area contributed by atoms with E-state index < -0.39 is 0 Å². The molecule has 1 aromatic carbocycles. The normalized spacial score (nSPS) is 17.6. The number of nitrogens with zero attached hydrogens (tertiary/aromatic N) is 2. The minimum atomic E-state index is -0.236. The Bertz CT molecular complexity index is 799. The zero-order valence-corrected chi connectivity index (χ0v) is 15.3. The lowest BCUT2D eigenvalue weighted by molar-refractivity contribution is 0.102. The second-order valence-corrected chi connectivity index (χ2v) is 7.15. The fraction of sp³-hybridized carbons (Fsp3) is 0.474. The number of carbonyl (C=O) groups excluding carboxylic acids is 1. The summed E-state index contributed by atoms with van der Waals surface area (Å²) < 4.78 is 13.2. The smallest absolute Gasteiger partial charge is 0.257 e. The Balaban J connectivity index is 1.55. The maximum absolute atomic E-state index is 12.8. The number of halogens is 1. The highest BCUT2D eigenvalue weighted by Crippen LogP contribution is 2.38. The molecule has 26 heavy (non-hydrogen) atoms. The number of ether oxygens (including phenoxy) is 2. The van der Waals surface area contributed by atoms with Gasteiger partial charge in [-0.15, -0.1) is 0 Å². The van der Waals surface area contributed by atoms with Crippen molar-refractivity contribution in [2.24, 2.45) is 0 Å². The molecular weight excluding hydrogens is 354 g/mol. The summed E-state index contributed by atoms with van der Waals surface area (Å²) in [7, 11) is 0. The van der Waals surface area contributed by atoms with Crippen molar-refractivity contribution < 1.29 is 14.3 Å². The maximum Gasteiger partial charge on any atom is 0.257 e. The van der Waals surface area contributed by atoms with Crippen LogP contribution in [0.3, 0.4) is 0 Å². The number of rotatable bonds is 3. The van der Waals surface area contributed by atoms with Crippen molar-refractivity contribution in [1.29, 1.82) is 0 Å². The molecule has 4 rings (SSSR count). The predicted molar refractivity (Wildman–Crippen MR) is 99.4 cm³/mol. The highest BCUT2D eigenvalue weighted by atomic mass is 35.5. The largest absolute Gasteiger partial charge is 0.489 e. The van der Waals surface area contributed by atoms with Crippen LogP contribution in [0, 0.1) is 0 Å². The molecular formula is C19H22ClN3O3. The first-order valence-electron chi connectivity index (χ1n) is 9.16. The van der Waals surface area contributed by atoms with Gasteiger partial charge in [0.05, 0.1) is 30.5 Å². The average molecular weight is 376 g/mol. The SMILES string of the molecule is O=C(Nc1ccnn1C1CCCCC1)c1cc(Cl)c2c(c1)OCCCO2. The number of benzene rings is 1. The van der Waals surface area contributed by atoms with E-state index in [1.54, 1.807) is 18.3 Å². The number of amides is 1. The van der Waals surface area contributed by atoms with Gasteiger partial charge in [-0.25, -0.2) is 4.68 Å². The number of aromatic nitrogens is 2. The van der Waals surface area contributed by atoms with Crippen molar-refractivity contribution in [2.45, 2.75) is 44.6 Å². The van der Waals surface area contributed by atoms with Crippen LogP contribution in [0.2, 0.25) is 5.02 Å². The van der Waals surface area contributed by atoms with Gasteiger partial charge in [-0.2, -0.15) is 5.10 Å². The standard InChI is InChI=1S/C19H22ClN3O3/c20-15-11-13(12-16-18(15)26-10-4-9-25-16)19(24)22-17-7-8-21-23(17)14-5-2-1-3-6-14/h7-8,11-12,14H,1-6,9-10H2,(H,22,24). The van der Waals surface area contributed by atoms with Crippen LogP contribution in [0.4, 0.5) is 5.82 Å². The topological polar surface area (TPSA) is 65.4 Å². The van der Waals surface area contributed by atoms with E-state index in [2.05, 4.69) is 10.4 Å². The molecule has 6 nitrogen and oxygen atoms in total. The van der Waals surface area contributed by atoms with Crippen molar-refractivity contribution in [3.63, 3.8) is 0 Å². The Kier molecular flexibility index (Phi) is 5.02. The van der Waals surface area contributed by atoms with Gasteiger partial charge >= 0.3 is 0 Å². The Morgan fingerprint density at radius 3 is 2.81 bits per heavy atom. The van der Waals surface area contributed by atoms with Crippen molar-refractivity contribution in [1.82, 2.24) is 9.78 Å². The summed E-state index contributed by atoms with van der Waals surface area (Å²) in [5.41, 5.74) is 0.440. The van der Waals surface area contributed by atoms with Crippen molar-refractivity contribution in [2.75, 3.05) is 18.5 Å². The van der Waals surface area contributed by atoms with Crippen LogP contribution in [-0.2, 0) is 0 Å². The molecule has 0 spiro atoms. The van der Waals surface area contributed by atoms with Crippen molar-refractivity contribution in [3.8, 4) is 11.5 Å². The van der Waals surface area contributed by atoms with E-state index >= 15 is 0 Å². The highest BCUT2D eigenvalue weighted by molar-refractivity contribution is 6.32. The molecule has 1 aliphatic heterocycles. The van der Waals surface area contributed by atoms with Gasteiger partial charge in [-0.3, -0.25) is 4.79 Å². The van der Waals surface area contributed by atoms with Gasteiger partial charge in [-0.05, 0) is 25.0 Å². The molecule has 0 atom stereocenters. The molecule has 0 bridgehead atoms. The van der Waals surface area contributed by atoms with Crippen LogP contribution in [0.5, 0.6) is 11.5 Å². The molecule has 1 amide bonds. The first kappa shape index (κ1) is 17.2. The molecule has 1 N–H and O–H groups in total. The monoisotopic (exact) mass is 375 g/mol. The molecule has 1 aromatic heterocycles. The zero-order chi connectivity index (χ0) is 17.9. The molecule has 0 radical (unpaired) electrons. The maximum atomic E-state index is 12.8. The number of carbonyl (C=O) groups is 1. The Morgan fingerprint density at radius 1 is 1.15 bits per heavy atom. The summed E-state index contributed by atoms with van der Waals surface area (Å²) in [4.78, 5) is 12.8. The van der Waals surface area contributed by atoms with Crippen LogP contribution >= 0.6 is 11.6 Å². The summed E-state index contributed by atoms with van der Waals surface area (Å²) in [5.74, 6) is 1.50. The quantitative estimate of drug-likeness (QED) is 0.860. The number of anilines is 1. The fourth-order valence-electron chi connectivity index (χ4n) is 3.58. The van der Waals surface area contributed by atoms with Crippen molar-refractivity contribution >= 4 is 23.3 Å². The summed E-state index contributed by atoms with van der Waals surface area (Å²) in [6.07, 6.45) is 8.39. The molecule has 1 fully saturated rings. The van der Waals surface area contributed by atoms with Gasteiger partial charge in [0.15, 0.2) is 11.5 Å². The third-order valence-corrected chi connectivity index (χ3v) is 5.18. The Morgan fingerprint density at radius 2 is 1.96 bits per heavy atom. The first-order chi connectivity index (χ1) is 12.7. The predicted octanol–water partition coefficient (Wildman–Crippen LogP) is 4.46. The lowest BCUT2D eigenvalue weighted by atomic mass is 9.96. The molecule has 2 heterocycles. The first-order valence-corrected chi connectivity index (χ1v) is 9.54. The van der Waals surface area contributed by atoms with Gasteiger partial charge in [0.1, 0.15) is 5.82 Å². The van der Waals surface area contributed by atoms with Gasteiger partial charge < -0.3 is 14.8 Å². The van der Waals surface area contributed by atoms with E-state index in [4.69, 9.17) is 21.1 Å². The number of hydrogen-bond acceptors (Lipinski definition) is 4. The minimum Gasteiger partial charge on any atom is -0.489 e. The summed E-state index contributed by atoms with van der Waals surface area (Å²) >= 11 is 6.30. The number of hydrogen-bond donors (Lipinski definition) is 1. The Hall–Kier alpha value is -2.21. The van der Waals surface area contributed by atoms with Crippen LogP contribution in [0.1, 0.15) is 54.9 Å². The molecule has 1 saturated carbocycles. The lowest BCUT2D eigenvalue weighted by Gasteiger charge is -2.24. The Labute approximate surface area is 157 Å². The van der Waals surface area contributed by atoms with E-state index in [1.807, 2.05) is 10.7 Å². The third-order valence-electron chi connectivity index (χ3n) is 4.90. The van der Waals surface area contributed by atoms with Crippen molar-refractivity contribution in [3.05, 3.63) is 35.0 Å². The van der Waals surface area contributed by atoms with E-state index in [-0.39, 0.29) is 5.91 Å². The van der Waals surface area contributed by atoms with Gasteiger partial charge in [-0.1, -0.05) is 30.9 Å². The summed E-state index contributed by atoms with van der Waals surface area (Å²) in [6.45, 7) is 1.10. The van der Waals surface area contributed by atoms with Gasteiger partial charge in [0, 0.05) is 18.1 Å². The van der Waals surface area contributed by atoms with Crippen LogP contribution < -0.4 is 14.8 Å². The van der Waals surface area contributed by atoms with E-state index in [0.29, 0.717) is 47.2 Å². The number of nitrogens with one attached hydrogen (secondary N) is 1. The second kappa shape index (κ2) is 7.58. The highest BCUT2D eigenvalue weighted by Gasteiger charge is 2.21. The molecule has 1 aliphatic carbocycles. The van der Waals surface area contributed by atoms with Crippen LogP contribution in [-0.4, -0.2) is 28.9 Å². The lowest BCUT2D eigenvalue weighted by Crippen LogP contribution is -2.20. The summed E-state index contributed by atoms with van der Waals surface area (Å²) in [6, 6.07) is 5.48. The van der Waals surface area contributed by atoms with Gasteiger partial charge in [0.2, 0.25) is 0 Å². The van der Waals surface area contributed by atoms with Crippen LogP contribution in [0.15, 0.2) is 24.4 Å². The third kappa shape index (κ3) is 3.51. The molecule has 7 heteroatoms. The van der Waals surface area contributed by atoms with E-state index in [0.717, 1.165) is 19.3 Å². The fourth-order valence-corrected chi connectivity index (χ4v) is 3.85. The zero-order valence-electron chi connectivity index (χ0n) is 14.5.